The number of nitrogens with one attached hydrogen (secondary N) is 2. The average Bonchev–Trinajstić information content (AvgIpc) is 2.29. The zero-order valence-corrected chi connectivity index (χ0v) is 10.1. The Balaban J connectivity index is 1.77. The third kappa shape index (κ3) is 3.83. The van der Waals surface area contributed by atoms with Crippen molar-refractivity contribution in [3.8, 4) is 0 Å². The van der Waals surface area contributed by atoms with E-state index in [2.05, 4.69) is 20.2 Å². The summed E-state index contributed by atoms with van der Waals surface area (Å²) in [6.07, 6.45) is 0. The highest BCUT2D eigenvalue weighted by molar-refractivity contribution is 5.38. The van der Waals surface area contributed by atoms with Gasteiger partial charge in [0.1, 0.15) is 5.82 Å². The molecule has 1 aromatic heterocycles. The Morgan fingerprint density at radius 1 is 1.41 bits per heavy atom. The molecule has 0 spiro atoms. The van der Waals surface area contributed by atoms with Crippen LogP contribution in [0.4, 0.5) is 11.8 Å². The average molecular weight is 236 g/mol. The van der Waals surface area contributed by atoms with Crippen molar-refractivity contribution < 1.29 is 4.74 Å². The molecule has 1 radical (unpaired) electrons. The van der Waals surface area contributed by atoms with E-state index in [4.69, 9.17) is 10.5 Å². The van der Waals surface area contributed by atoms with E-state index in [0.717, 1.165) is 50.9 Å². The van der Waals surface area contributed by atoms with E-state index in [-0.39, 0.29) is 5.95 Å². The van der Waals surface area contributed by atoms with Crippen LogP contribution in [0.15, 0.2) is 6.07 Å². The molecule has 1 aliphatic heterocycles. The first-order chi connectivity index (χ1) is 8.24. The van der Waals surface area contributed by atoms with Gasteiger partial charge in [0.25, 0.3) is 0 Å². The molecule has 1 aliphatic rings. The SMILES string of the molecule is Cc1cc(NCCN2CCOCC2)nc([NH])n1. The lowest BCUT2D eigenvalue weighted by Crippen LogP contribution is -2.39. The van der Waals surface area contributed by atoms with Gasteiger partial charge >= 0.3 is 0 Å². The molecule has 0 aliphatic carbocycles. The second-order valence-electron chi connectivity index (χ2n) is 4.10. The van der Waals surface area contributed by atoms with Crippen molar-refractivity contribution >= 4 is 11.8 Å². The van der Waals surface area contributed by atoms with Gasteiger partial charge in [0.05, 0.1) is 13.2 Å². The molecule has 2 N–H and O–H groups in total. The summed E-state index contributed by atoms with van der Waals surface area (Å²) >= 11 is 0. The van der Waals surface area contributed by atoms with Crippen LogP contribution >= 0.6 is 0 Å². The standard InChI is InChI=1S/C11H18N5O/c1-9-8-10(15-11(12)14-9)13-2-3-16-4-6-17-7-5-16/h8,12H,2-7H2,1H3,(H,13,14,15). The second-order valence-corrected chi connectivity index (χ2v) is 4.10. The van der Waals surface area contributed by atoms with E-state index in [1.165, 1.54) is 0 Å². The molecule has 1 aromatic rings. The summed E-state index contributed by atoms with van der Waals surface area (Å²) in [6.45, 7) is 7.30. The molecule has 1 saturated heterocycles. The summed E-state index contributed by atoms with van der Waals surface area (Å²) in [4.78, 5) is 10.3. The van der Waals surface area contributed by atoms with Crippen molar-refractivity contribution in [2.75, 3.05) is 44.7 Å². The van der Waals surface area contributed by atoms with E-state index < -0.39 is 0 Å². The topological polar surface area (TPSA) is 74.1 Å². The van der Waals surface area contributed by atoms with Crippen molar-refractivity contribution in [2.24, 2.45) is 0 Å². The van der Waals surface area contributed by atoms with E-state index >= 15 is 0 Å². The molecule has 6 heteroatoms. The molecule has 2 heterocycles. The predicted molar refractivity (Wildman–Crippen MR) is 65.3 cm³/mol. The number of rotatable bonds is 4. The zero-order chi connectivity index (χ0) is 12.1. The molecule has 0 atom stereocenters. The molecule has 2 rings (SSSR count). The highest BCUT2D eigenvalue weighted by Gasteiger charge is 2.09. The number of hydrogen-bond acceptors (Lipinski definition) is 5. The van der Waals surface area contributed by atoms with Crippen molar-refractivity contribution in [2.45, 2.75) is 6.92 Å². The number of aromatic nitrogens is 2. The maximum absolute atomic E-state index is 7.42. The maximum atomic E-state index is 7.42. The Bertz CT molecular complexity index is 345. The van der Waals surface area contributed by atoms with Gasteiger partial charge in [0, 0.05) is 37.9 Å². The minimum atomic E-state index is 0.0684. The number of aryl methyl sites for hydroxylation is 1. The minimum absolute atomic E-state index is 0.0684. The quantitative estimate of drug-likeness (QED) is 0.821. The van der Waals surface area contributed by atoms with Crippen molar-refractivity contribution in [3.63, 3.8) is 0 Å². The Hall–Kier alpha value is -1.40. The van der Waals surface area contributed by atoms with Crippen molar-refractivity contribution in [1.29, 1.82) is 0 Å². The van der Waals surface area contributed by atoms with Crippen molar-refractivity contribution in [1.82, 2.24) is 20.6 Å². The molecular weight excluding hydrogens is 218 g/mol. The smallest absolute Gasteiger partial charge is 0.243 e. The highest BCUT2D eigenvalue weighted by atomic mass is 16.5. The Morgan fingerprint density at radius 2 is 2.18 bits per heavy atom. The van der Waals surface area contributed by atoms with Gasteiger partial charge in [-0.1, -0.05) is 0 Å². The lowest BCUT2D eigenvalue weighted by Gasteiger charge is -2.26. The summed E-state index contributed by atoms with van der Waals surface area (Å²) in [5, 5.41) is 3.22. The van der Waals surface area contributed by atoms with E-state index in [1.54, 1.807) is 0 Å². The summed E-state index contributed by atoms with van der Waals surface area (Å²) in [7, 11) is 0. The van der Waals surface area contributed by atoms with Crippen LogP contribution in [-0.4, -0.2) is 54.3 Å². The second kappa shape index (κ2) is 5.79. The van der Waals surface area contributed by atoms with Crippen molar-refractivity contribution in [3.05, 3.63) is 11.8 Å². The summed E-state index contributed by atoms with van der Waals surface area (Å²) in [5.41, 5.74) is 8.24. The molecular formula is C11H18N5O. The third-order valence-corrected chi connectivity index (χ3v) is 2.69. The minimum Gasteiger partial charge on any atom is -0.379 e. The van der Waals surface area contributed by atoms with Gasteiger partial charge in [-0.15, -0.1) is 0 Å². The van der Waals surface area contributed by atoms with Crippen LogP contribution < -0.4 is 11.1 Å². The number of hydrogen-bond donors (Lipinski definition) is 1. The maximum Gasteiger partial charge on any atom is 0.243 e. The van der Waals surface area contributed by atoms with E-state index in [0.29, 0.717) is 0 Å². The Morgan fingerprint density at radius 3 is 2.88 bits per heavy atom. The fourth-order valence-corrected chi connectivity index (χ4v) is 1.83. The molecule has 0 amide bonds. The Labute approximate surface area is 101 Å². The summed E-state index contributed by atoms with van der Waals surface area (Å²) in [5.74, 6) is 0.801. The monoisotopic (exact) mass is 236 g/mol. The molecule has 1 fully saturated rings. The summed E-state index contributed by atoms with van der Waals surface area (Å²) < 4.78 is 5.29. The lowest BCUT2D eigenvalue weighted by molar-refractivity contribution is 0.0398. The van der Waals surface area contributed by atoms with Crippen LogP contribution in [0.25, 0.3) is 0 Å². The molecule has 0 aromatic carbocycles. The van der Waals surface area contributed by atoms with Crippen LogP contribution in [0.2, 0.25) is 0 Å². The first-order valence-electron chi connectivity index (χ1n) is 5.85. The van der Waals surface area contributed by atoms with E-state index in [1.807, 2.05) is 13.0 Å². The lowest BCUT2D eigenvalue weighted by atomic mass is 10.4. The Kier molecular flexibility index (Phi) is 4.11. The van der Waals surface area contributed by atoms with Crippen LogP contribution in [0.1, 0.15) is 5.69 Å². The molecule has 6 nitrogen and oxygen atoms in total. The van der Waals surface area contributed by atoms with Crippen LogP contribution in [0.3, 0.4) is 0 Å². The van der Waals surface area contributed by atoms with Crippen LogP contribution in [0, 0.1) is 6.92 Å². The van der Waals surface area contributed by atoms with E-state index in [9.17, 15) is 0 Å². The predicted octanol–water partition coefficient (Wildman–Crippen LogP) is 0.444. The fourth-order valence-electron chi connectivity index (χ4n) is 1.83. The number of ether oxygens (including phenoxy) is 1. The number of morpholine rings is 1. The highest BCUT2D eigenvalue weighted by Crippen LogP contribution is 2.07. The summed E-state index contributed by atoms with van der Waals surface area (Å²) in [6, 6.07) is 1.86. The fraction of sp³-hybridized carbons (Fsp3) is 0.636. The van der Waals surface area contributed by atoms with Gasteiger partial charge in [-0.2, -0.15) is 4.98 Å². The molecule has 0 saturated carbocycles. The van der Waals surface area contributed by atoms with Crippen LogP contribution in [-0.2, 0) is 4.74 Å². The van der Waals surface area contributed by atoms with Gasteiger partial charge in [-0.3, -0.25) is 10.6 Å². The first kappa shape index (κ1) is 12.1. The molecule has 17 heavy (non-hydrogen) atoms. The zero-order valence-electron chi connectivity index (χ0n) is 10.1. The number of nitrogens with zero attached hydrogens (tertiary/aromatic N) is 3. The van der Waals surface area contributed by atoms with Gasteiger partial charge < -0.3 is 10.1 Å². The van der Waals surface area contributed by atoms with Gasteiger partial charge in [-0.25, -0.2) is 4.98 Å². The van der Waals surface area contributed by atoms with Gasteiger partial charge in [0.15, 0.2) is 0 Å². The molecule has 93 valence electrons. The first-order valence-corrected chi connectivity index (χ1v) is 5.85. The van der Waals surface area contributed by atoms with Gasteiger partial charge in [-0.05, 0) is 6.92 Å². The molecule has 0 bridgehead atoms. The normalized spacial score (nSPS) is 17.0. The van der Waals surface area contributed by atoms with Gasteiger partial charge in [0.2, 0.25) is 5.95 Å². The number of anilines is 1. The third-order valence-electron chi connectivity index (χ3n) is 2.69. The molecule has 0 unspecified atom stereocenters. The largest absolute Gasteiger partial charge is 0.379 e. The van der Waals surface area contributed by atoms with Crippen LogP contribution in [0.5, 0.6) is 0 Å².